The van der Waals surface area contributed by atoms with Crippen LogP contribution in [0.4, 0.5) is 0 Å². The third-order valence-electron chi connectivity index (χ3n) is 4.54. The Hall–Kier alpha value is -0.120. The van der Waals surface area contributed by atoms with E-state index in [1.807, 2.05) is 0 Å². The van der Waals surface area contributed by atoms with Crippen LogP contribution >= 0.6 is 0 Å². The van der Waals surface area contributed by atoms with Gasteiger partial charge in [-0.25, -0.2) is 0 Å². The lowest BCUT2D eigenvalue weighted by Gasteiger charge is -2.29. The van der Waals surface area contributed by atoms with Gasteiger partial charge in [-0.1, -0.05) is 13.8 Å². The molecule has 0 bridgehead atoms. The highest BCUT2D eigenvalue weighted by Gasteiger charge is 2.29. The second-order valence-corrected chi connectivity index (χ2v) is 6.68. The van der Waals surface area contributed by atoms with Crippen molar-refractivity contribution in [1.29, 1.82) is 0 Å². The van der Waals surface area contributed by atoms with Gasteiger partial charge in [0, 0.05) is 19.1 Å². The van der Waals surface area contributed by atoms with E-state index in [1.165, 1.54) is 58.4 Å². The van der Waals surface area contributed by atoms with Gasteiger partial charge in [-0.15, -0.1) is 0 Å². The topological polar surface area (TPSA) is 32.5 Å². The van der Waals surface area contributed by atoms with Crippen molar-refractivity contribution in [2.75, 3.05) is 39.3 Å². The fourth-order valence-corrected chi connectivity index (χ4v) is 3.73. The molecule has 0 aromatic rings. The van der Waals surface area contributed by atoms with Crippen LogP contribution in [-0.4, -0.2) is 55.1 Å². The predicted octanol–water partition coefficient (Wildman–Crippen LogP) is 1.78. The van der Waals surface area contributed by atoms with E-state index < -0.39 is 0 Å². The first-order valence-electron chi connectivity index (χ1n) is 7.85. The minimum Gasteiger partial charge on any atom is -0.330 e. The van der Waals surface area contributed by atoms with Gasteiger partial charge < -0.3 is 10.6 Å². The van der Waals surface area contributed by atoms with Crippen LogP contribution in [0.1, 0.15) is 39.5 Å². The molecule has 0 aromatic carbocycles. The minimum absolute atomic E-state index is 0.693. The van der Waals surface area contributed by atoms with Crippen molar-refractivity contribution in [3.05, 3.63) is 0 Å². The monoisotopic (exact) mass is 253 g/mol. The smallest absolute Gasteiger partial charge is 0.0223 e. The summed E-state index contributed by atoms with van der Waals surface area (Å²) < 4.78 is 0. The summed E-state index contributed by atoms with van der Waals surface area (Å²) in [6.45, 7) is 11.9. The molecule has 2 aliphatic rings. The SMILES string of the molecule is CC(C)CC(CN)CN1CCCN2CCCC2C1. The molecule has 0 spiro atoms. The molecule has 106 valence electrons. The first-order valence-corrected chi connectivity index (χ1v) is 7.85. The zero-order valence-corrected chi connectivity index (χ0v) is 12.3. The molecule has 2 N–H and O–H groups in total. The molecule has 18 heavy (non-hydrogen) atoms. The van der Waals surface area contributed by atoms with Crippen LogP contribution in [0.3, 0.4) is 0 Å². The van der Waals surface area contributed by atoms with E-state index in [-0.39, 0.29) is 0 Å². The quantitative estimate of drug-likeness (QED) is 0.810. The van der Waals surface area contributed by atoms with E-state index in [0.29, 0.717) is 5.92 Å². The average Bonchev–Trinajstić information content (AvgIpc) is 2.67. The van der Waals surface area contributed by atoms with Crippen LogP contribution in [0.2, 0.25) is 0 Å². The fraction of sp³-hybridized carbons (Fsp3) is 1.00. The van der Waals surface area contributed by atoms with Crippen LogP contribution in [0, 0.1) is 11.8 Å². The molecule has 3 heteroatoms. The van der Waals surface area contributed by atoms with Gasteiger partial charge in [-0.3, -0.25) is 4.90 Å². The maximum atomic E-state index is 5.95. The molecule has 2 atom stereocenters. The normalized spacial score (nSPS) is 28.3. The zero-order chi connectivity index (χ0) is 13.0. The second-order valence-electron chi connectivity index (χ2n) is 6.68. The maximum Gasteiger partial charge on any atom is 0.0223 e. The third kappa shape index (κ3) is 3.94. The van der Waals surface area contributed by atoms with E-state index in [4.69, 9.17) is 5.73 Å². The fourth-order valence-electron chi connectivity index (χ4n) is 3.73. The van der Waals surface area contributed by atoms with Crippen molar-refractivity contribution >= 4 is 0 Å². The van der Waals surface area contributed by atoms with Crippen LogP contribution < -0.4 is 5.73 Å². The summed E-state index contributed by atoms with van der Waals surface area (Å²) in [5.74, 6) is 1.46. The van der Waals surface area contributed by atoms with Gasteiger partial charge in [-0.05, 0) is 63.7 Å². The Morgan fingerprint density at radius 1 is 1.17 bits per heavy atom. The molecule has 2 heterocycles. The Morgan fingerprint density at radius 3 is 2.67 bits per heavy atom. The Kier molecular flexibility index (Phi) is 5.46. The molecule has 0 saturated carbocycles. The van der Waals surface area contributed by atoms with Crippen molar-refractivity contribution in [2.24, 2.45) is 17.6 Å². The standard InChI is InChI=1S/C15H31N3/c1-13(2)9-14(10-16)11-17-6-4-8-18-7-3-5-15(18)12-17/h13-15H,3-12,16H2,1-2H3. The highest BCUT2D eigenvalue weighted by atomic mass is 15.3. The summed E-state index contributed by atoms with van der Waals surface area (Å²) in [5, 5.41) is 0. The molecule has 0 amide bonds. The van der Waals surface area contributed by atoms with Crippen molar-refractivity contribution in [3.63, 3.8) is 0 Å². The van der Waals surface area contributed by atoms with Gasteiger partial charge in [0.15, 0.2) is 0 Å². The summed E-state index contributed by atoms with van der Waals surface area (Å²) in [6.07, 6.45) is 5.44. The van der Waals surface area contributed by atoms with E-state index in [1.54, 1.807) is 0 Å². The number of nitrogens with zero attached hydrogens (tertiary/aromatic N) is 2. The molecular formula is C15H31N3. The summed E-state index contributed by atoms with van der Waals surface area (Å²) in [5.41, 5.74) is 5.95. The molecule has 2 rings (SSSR count). The lowest BCUT2D eigenvalue weighted by molar-refractivity contribution is 0.191. The van der Waals surface area contributed by atoms with Gasteiger partial charge >= 0.3 is 0 Å². The number of nitrogens with two attached hydrogens (primary N) is 1. The summed E-state index contributed by atoms with van der Waals surface area (Å²) in [4.78, 5) is 5.40. The van der Waals surface area contributed by atoms with Crippen molar-refractivity contribution < 1.29 is 0 Å². The average molecular weight is 253 g/mol. The number of rotatable bonds is 5. The summed E-state index contributed by atoms with van der Waals surface area (Å²) in [6, 6.07) is 0.838. The molecule has 2 unspecified atom stereocenters. The van der Waals surface area contributed by atoms with Gasteiger partial charge in [0.25, 0.3) is 0 Å². The number of hydrogen-bond donors (Lipinski definition) is 1. The zero-order valence-electron chi connectivity index (χ0n) is 12.3. The molecule has 0 radical (unpaired) electrons. The molecule has 2 saturated heterocycles. The number of fused-ring (bicyclic) bond motifs is 1. The largest absolute Gasteiger partial charge is 0.330 e. The van der Waals surface area contributed by atoms with Crippen LogP contribution in [0.25, 0.3) is 0 Å². The van der Waals surface area contributed by atoms with Crippen LogP contribution in [0.15, 0.2) is 0 Å². The highest BCUT2D eigenvalue weighted by Crippen LogP contribution is 2.22. The van der Waals surface area contributed by atoms with Gasteiger partial charge in [0.1, 0.15) is 0 Å². The van der Waals surface area contributed by atoms with E-state index >= 15 is 0 Å². The number of hydrogen-bond acceptors (Lipinski definition) is 3. The molecule has 0 aromatic heterocycles. The molecule has 3 nitrogen and oxygen atoms in total. The Morgan fingerprint density at radius 2 is 1.94 bits per heavy atom. The second kappa shape index (κ2) is 6.88. The lowest BCUT2D eigenvalue weighted by atomic mass is 9.96. The predicted molar refractivity (Wildman–Crippen MR) is 77.7 cm³/mol. The first kappa shape index (κ1) is 14.3. The van der Waals surface area contributed by atoms with Crippen LogP contribution in [-0.2, 0) is 0 Å². The molecule has 0 aliphatic carbocycles. The van der Waals surface area contributed by atoms with Crippen LogP contribution in [0.5, 0.6) is 0 Å². The van der Waals surface area contributed by atoms with Crippen molar-refractivity contribution in [3.8, 4) is 0 Å². The van der Waals surface area contributed by atoms with E-state index in [9.17, 15) is 0 Å². The van der Waals surface area contributed by atoms with E-state index in [0.717, 1.165) is 18.5 Å². The van der Waals surface area contributed by atoms with E-state index in [2.05, 4.69) is 23.6 Å². The van der Waals surface area contributed by atoms with Gasteiger partial charge in [-0.2, -0.15) is 0 Å². The van der Waals surface area contributed by atoms with Crippen molar-refractivity contribution in [1.82, 2.24) is 9.80 Å². The van der Waals surface area contributed by atoms with Gasteiger partial charge in [0.05, 0.1) is 0 Å². The summed E-state index contributed by atoms with van der Waals surface area (Å²) in [7, 11) is 0. The summed E-state index contributed by atoms with van der Waals surface area (Å²) >= 11 is 0. The third-order valence-corrected chi connectivity index (χ3v) is 4.54. The Bertz CT molecular complexity index is 242. The highest BCUT2D eigenvalue weighted by molar-refractivity contribution is 4.85. The minimum atomic E-state index is 0.693. The Balaban J connectivity index is 1.83. The van der Waals surface area contributed by atoms with Gasteiger partial charge in [0.2, 0.25) is 0 Å². The first-order chi connectivity index (χ1) is 8.69. The molecule has 2 aliphatic heterocycles. The van der Waals surface area contributed by atoms with Crippen molar-refractivity contribution in [2.45, 2.75) is 45.6 Å². The Labute approximate surface area is 113 Å². The molecular weight excluding hydrogens is 222 g/mol. The molecule has 2 fully saturated rings. The maximum absolute atomic E-state index is 5.95. The lowest BCUT2D eigenvalue weighted by Crippen LogP contribution is -2.40.